The van der Waals surface area contributed by atoms with Crippen molar-refractivity contribution in [2.24, 2.45) is 5.92 Å². The molecule has 2 rings (SSSR count). The molecule has 0 bridgehead atoms. The number of rotatable bonds is 7. The monoisotopic (exact) mass is 397 g/mol. The third-order valence-electron chi connectivity index (χ3n) is 4.61. The number of benzene rings is 1. The molecular formula is C20H28ClNO5. The van der Waals surface area contributed by atoms with E-state index in [0.717, 1.165) is 19.3 Å². The van der Waals surface area contributed by atoms with Crippen LogP contribution >= 0.6 is 11.6 Å². The lowest BCUT2D eigenvalue weighted by Crippen LogP contribution is -2.42. The lowest BCUT2D eigenvalue weighted by molar-refractivity contribution is -0.125. The van der Waals surface area contributed by atoms with Crippen LogP contribution in [0.25, 0.3) is 0 Å². The fourth-order valence-corrected chi connectivity index (χ4v) is 3.44. The predicted octanol–water partition coefficient (Wildman–Crippen LogP) is 3.99. The van der Waals surface area contributed by atoms with Crippen molar-refractivity contribution in [3.8, 4) is 11.5 Å². The van der Waals surface area contributed by atoms with Crippen molar-refractivity contribution in [2.45, 2.75) is 58.6 Å². The molecule has 0 aromatic heterocycles. The van der Waals surface area contributed by atoms with E-state index in [-0.39, 0.29) is 35.2 Å². The highest BCUT2D eigenvalue weighted by Crippen LogP contribution is 2.37. The van der Waals surface area contributed by atoms with Gasteiger partial charge in [-0.05, 0) is 44.7 Å². The molecule has 0 unspecified atom stereocenters. The molecule has 1 aliphatic rings. The Kier molecular flexibility index (Phi) is 7.78. The number of esters is 1. The number of nitrogens with one attached hydrogen (secondary N) is 1. The van der Waals surface area contributed by atoms with E-state index in [1.54, 1.807) is 0 Å². The molecule has 0 saturated heterocycles. The summed E-state index contributed by atoms with van der Waals surface area (Å²) in [5.41, 5.74) is 0.201. The molecule has 1 amide bonds. The third kappa shape index (κ3) is 6.03. The van der Waals surface area contributed by atoms with Gasteiger partial charge in [0.15, 0.2) is 18.1 Å². The third-order valence-corrected chi connectivity index (χ3v) is 4.89. The minimum absolute atomic E-state index is 0.0972. The molecule has 150 valence electrons. The SMILES string of the molecule is COc1cc(C(=O)OCC(=O)N[C@H]2CCCC[C@@H]2C)cc(Cl)c1OC(C)C. The molecule has 0 spiro atoms. The topological polar surface area (TPSA) is 73.9 Å². The van der Waals surface area contributed by atoms with Crippen LogP contribution in [0.5, 0.6) is 11.5 Å². The number of hydrogen-bond acceptors (Lipinski definition) is 5. The van der Waals surface area contributed by atoms with E-state index in [4.69, 9.17) is 25.8 Å². The molecule has 7 heteroatoms. The number of carbonyl (C=O) groups excluding carboxylic acids is 2. The first-order chi connectivity index (χ1) is 12.8. The molecule has 1 fully saturated rings. The van der Waals surface area contributed by atoms with E-state index >= 15 is 0 Å². The quantitative estimate of drug-likeness (QED) is 0.704. The Morgan fingerprint density at radius 3 is 2.59 bits per heavy atom. The van der Waals surface area contributed by atoms with Crippen LogP contribution in [0.15, 0.2) is 12.1 Å². The summed E-state index contributed by atoms with van der Waals surface area (Å²) in [7, 11) is 1.47. The van der Waals surface area contributed by atoms with Crippen LogP contribution in [0.1, 0.15) is 56.8 Å². The summed E-state index contributed by atoms with van der Waals surface area (Å²) in [6, 6.07) is 3.09. The molecule has 1 aromatic carbocycles. The molecule has 27 heavy (non-hydrogen) atoms. The maximum Gasteiger partial charge on any atom is 0.338 e. The minimum Gasteiger partial charge on any atom is -0.493 e. The van der Waals surface area contributed by atoms with Gasteiger partial charge in [-0.2, -0.15) is 0 Å². The van der Waals surface area contributed by atoms with Gasteiger partial charge in [0.2, 0.25) is 0 Å². The number of methoxy groups -OCH3 is 1. The Labute approximate surface area is 165 Å². The molecule has 2 atom stereocenters. The lowest BCUT2D eigenvalue weighted by Gasteiger charge is -2.29. The summed E-state index contributed by atoms with van der Waals surface area (Å²) in [5, 5.41) is 3.20. The van der Waals surface area contributed by atoms with Crippen LogP contribution in [-0.2, 0) is 9.53 Å². The average molecular weight is 398 g/mol. The number of hydrogen-bond donors (Lipinski definition) is 1. The van der Waals surface area contributed by atoms with Crippen molar-refractivity contribution in [2.75, 3.05) is 13.7 Å². The first-order valence-electron chi connectivity index (χ1n) is 9.32. The maximum atomic E-state index is 12.3. The van der Waals surface area contributed by atoms with Crippen molar-refractivity contribution in [1.29, 1.82) is 0 Å². The van der Waals surface area contributed by atoms with Gasteiger partial charge in [0.25, 0.3) is 5.91 Å². The molecule has 0 heterocycles. The molecule has 0 radical (unpaired) electrons. The highest BCUT2D eigenvalue weighted by molar-refractivity contribution is 6.32. The van der Waals surface area contributed by atoms with Crippen LogP contribution in [0.4, 0.5) is 0 Å². The molecule has 6 nitrogen and oxygen atoms in total. The first-order valence-corrected chi connectivity index (χ1v) is 9.70. The van der Waals surface area contributed by atoms with Crippen molar-refractivity contribution < 1.29 is 23.8 Å². The lowest BCUT2D eigenvalue weighted by atomic mass is 9.86. The largest absolute Gasteiger partial charge is 0.493 e. The van der Waals surface area contributed by atoms with Crippen molar-refractivity contribution in [3.05, 3.63) is 22.7 Å². The molecule has 1 aliphatic carbocycles. The smallest absolute Gasteiger partial charge is 0.338 e. The molecule has 1 N–H and O–H groups in total. The Morgan fingerprint density at radius 2 is 1.96 bits per heavy atom. The van der Waals surface area contributed by atoms with Gasteiger partial charge in [-0.3, -0.25) is 4.79 Å². The van der Waals surface area contributed by atoms with E-state index in [1.165, 1.54) is 25.7 Å². The summed E-state index contributed by atoms with van der Waals surface area (Å²) in [6.07, 6.45) is 4.28. The van der Waals surface area contributed by atoms with Gasteiger partial charge in [-0.1, -0.05) is 31.4 Å². The highest BCUT2D eigenvalue weighted by Gasteiger charge is 2.23. The van der Waals surface area contributed by atoms with Gasteiger partial charge in [-0.25, -0.2) is 4.79 Å². The van der Waals surface area contributed by atoms with Gasteiger partial charge >= 0.3 is 5.97 Å². The van der Waals surface area contributed by atoms with Gasteiger partial charge in [0, 0.05) is 6.04 Å². The van der Waals surface area contributed by atoms with E-state index in [1.807, 2.05) is 13.8 Å². The molecular weight excluding hydrogens is 370 g/mol. The second-order valence-electron chi connectivity index (χ2n) is 7.17. The minimum atomic E-state index is -0.641. The van der Waals surface area contributed by atoms with Gasteiger partial charge in [0.05, 0.1) is 23.8 Å². The zero-order valence-electron chi connectivity index (χ0n) is 16.3. The van der Waals surface area contributed by atoms with Gasteiger partial charge in [0.1, 0.15) is 0 Å². The summed E-state index contributed by atoms with van der Waals surface area (Å²) in [4.78, 5) is 24.4. The highest BCUT2D eigenvalue weighted by atomic mass is 35.5. The van der Waals surface area contributed by atoms with E-state index in [9.17, 15) is 9.59 Å². The van der Waals surface area contributed by atoms with E-state index in [0.29, 0.717) is 17.4 Å². The van der Waals surface area contributed by atoms with Crippen LogP contribution in [0.2, 0.25) is 5.02 Å². The fourth-order valence-electron chi connectivity index (χ4n) is 3.18. The number of ether oxygens (including phenoxy) is 3. The van der Waals surface area contributed by atoms with Crippen molar-refractivity contribution >= 4 is 23.5 Å². The van der Waals surface area contributed by atoms with E-state index < -0.39 is 5.97 Å². The zero-order valence-corrected chi connectivity index (χ0v) is 17.1. The molecule has 0 aliphatic heterocycles. The second-order valence-corrected chi connectivity index (χ2v) is 7.58. The second kappa shape index (κ2) is 9.83. The Morgan fingerprint density at radius 1 is 1.26 bits per heavy atom. The van der Waals surface area contributed by atoms with Crippen LogP contribution in [0.3, 0.4) is 0 Å². The molecule has 1 aromatic rings. The van der Waals surface area contributed by atoms with Crippen LogP contribution in [-0.4, -0.2) is 37.7 Å². The maximum absolute atomic E-state index is 12.3. The van der Waals surface area contributed by atoms with Crippen LogP contribution in [0, 0.1) is 5.92 Å². The summed E-state index contributed by atoms with van der Waals surface area (Å²) in [5.74, 6) is 0.214. The zero-order chi connectivity index (χ0) is 20.0. The van der Waals surface area contributed by atoms with Crippen molar-refractivity contribution in [1.82, 2.24) is 5.32 Å². The Balaban J connectivity index is 1.97. The summed E-state index contributed by atoms with van der Waals surface area (Å²) < 4.78 is 16.0. The summed E-state index contributed by atoms with van der Waals surface area (Å²) in [6.45, 7) is 5.53. The van der Waals surface area contributed by atoms with E-state index in [2.05, 4.69) is 12.2 Å². The average Bonchev–Trinajstić information content (AvgIpc) is 2.62. The molecule has 1 saturated carbocycles. The van der Waals surface area contributed by atoms with Crippen molar-refractivity contribution in [3.63, 3.8) is 0 Å². The Hall–Kier alpha value is -1.95. The standard InChI is InChI=1S/C20H28ClNO5/c1-12(2)27-19-15(21)9-14(10-17(19)25-4)20(24)26-11-18(23)22-16-8-6-5-7-13(16)3/h9-10,12-13,16H,5-8,11H2,1-4H3,(H,22,23)/t13-,16-/m0/s1. The van der Waals surface area contributed by atoms with Crippen LogP contribution < -0.4 is 14.8 Å². The number of amides is 1. The number of halogens is 1. The fraction of sp³-hybridized carbons (Fsp3) is 0.600. The van der Waals surface area contributed by atoms with Gasteiger partial charge in [-0.15, -0.1) is 0 Å². The summed E-state index contributed by atoms with van der Waals surface area (Å²) >= 11 is 6.22. The normalized spacial score (nSPS) is 19.5. The first kappa shape index (κ1) is 21.4. The van der Waals surface area contributed by atoms with Gasteiger partial charge < -0.3 is 19.5 Å². The predicted molar refractivity (Wildman–Crippen MR) is 104 cm³/mol. The Bertz CT molecular complexity index is 677. The number of carbonyl (C=O) groups is 2.